The first-order chi connectivity index (χ1) is 6.38. The van der Waals surface area contributed by atoms with Gasteiger partial charge in [0.15, 0.2) is 0 Å². The Kier molecular flexibility index (Phi) is 3.23. The van der Waals surface area contributed by atoms with E-state index in [4.69, 9.17) is 0 Å². The molecule has 1 atom stereocenters. The molecule has 0 aromatic rings. The molecule has 0 aromatic heterocycles. The maximum Gasteiger partial charge on any atom is 0.00683 e. The summed E-state index contributed by atoms with van der Waals surface area (Å²) >= 11 is 0. The third-order valence-electron chi connectivity index (χ3n) is 3.18. The second kappa shape index (κ2) is 4.43. The zero-order chi connectivity index (χ0) is 9.10. The van der Waals surface area contributed by atoms with Gasteiger partial charge in [-0.25, -0.2) is 0 Å². The van der Waals surface area contributed by atoms with Crippen LogP contribution in [0.2, 0.25) is 0 Å². The number of rotatable bonds is 5. The Hall–Kier alpha value is -0.0800. The molecule has 1 N–H and O–H groups in total. The number of hydrogen-bond acceptors (Lipinski definition) is 2. The van der Waals surface area contributed by atoms with Gasteiger partial charge in [0.25, 0.3) is 0 Å². The second-order valence-corrected chi connectivity index (χ2v) is 4.64. The fraction of sp³-hybridized carbons (Fsp3) is 1.00. The van der Waals surface area contributed by atoms with Crippen molar-refractivity contribution in [1.29, 1.82) is 0 Å². The van der Waals surface area contributed by atoms with E-state index < -0.39 is 0 Å². The van der Waals surface area contributed by atoms with Gasteiger partial charge < -0.3 is 10.2 Å². The first-order valence-electron chi connectivity index (χ1n) is 5.84. The lowest BCUT2D eigenvalue weighted by atomic mass is 10.1. The standard InChI is InChI=1S/C11H22N2/c1-2-6-13-7-5-10(9-13)8-12-11-3-4-11/h10-12H,2-9H2,1H3. The van der Waals surface area contributed by atoms with E-state index in [0.717, 1.165) is 12.0 Å². The molecule has 1 unspecified atom stereocenters. The van der Waals surface area contributed by atoms with E-state index in [1.54, 1.807) is 0 Å². The monoisotopic (exact) mass is 182 g/mol. The first kappa shape index (κ1) is 9.47. The molecule has 0 spiro atoms. The molecule has 1 aliphatic heterocycles. The molecule has 0 amide bonds. The summed E-state index contributed by atoms with van der Waals surface area (Å²) in [7, 11) is 0. The van der Waals surface area contributed by atoms with Crippen molar-refractivity contribution < 1.29 is 0 Å². The Morgan fingerprint density at radius 3 is 2.85 bits per heavy atom. The van der Waals surface area contributed by atoms with E-state index in [9.17, 15) is 0 Å². The van der Waals surface area contributed by atoms with Crippen molar-refractivity contribution in [2.75, 3.05) is 26.2 Å². The van der Waals surface area contributed by atoms with Crippen LogP contribution >= 0.6 is 0 Å². The molecule has 13 heavy (non-hydrogen) atoms. The van der Waals surface area contributed by atoms with E-state index in [1.807, 2.05) is 0 Å². The fourth-order valence-electron chi connectivity index (χ4n) is 2.22. The molecular formula is C11H22N2. The van der Waals surface area contributed by atoms with Crippen molar-refractivity contribution in [3.63, 3.8) is 0 Å². The Morgan fingerprint density at radius 1 is 1.31 bits per heavy atom. The lowest BCUT2D eigenvalue weighted by molar-refractivity contribution is 0.322. The van der Waals surface area contributed by atoms with Crippen LogP contribution < -0.4 is 5.32 Å². The molecular weight excluding hydrogens is 160 g/mol. The van der Waals surface area contributed by atoms with Gasteiger partial charge in [-0.1, -0.05) is 6.92 Å². The van der Waals surface area contributed by atoms with Crippen LogP contribution in [0, 0.1) is 5.92 Å². The van der Waals surface area contributed by atoms with Crippen molar-refractivity contribution in [2.24, 2.45) is 5.92 Å². The molecule has 1 saturated carbocycles. The van der Waals surface area contributed by atoms with Crippen LogP contribution in [0.5, 0.6) is 0 Å². The van der Waals surface area contributed by atoms with Gasteiger partial charge in [0.1, 0.15) is 0 Å². The summed E-state index contributed by atoms with van der Waals surface area (Å²) in [6.45, 7) is 7.53. The first-order valence-corrected chi connectivity index (χ1v) is 5.84. The predicted molar refractivity (Wildman–Crippen MR) is 55.9 cm³/mol. The topological polar surface area (TPSA) is 15.3 Å². The van der Waals surface area contributed by atoms with Gasteiger partial charge in [-0.2, -0.15) is 0 Å². The largest absolute Gasteiger partial charge is 0.314 e. The van der Waals surface area contributed by atoms with Crippen LogP contribution in [0.15, 0.2) is 0 Å². The zero-order valence-corrected chi connectivity index (χ0v) is 8.76. The average Bonchev–Trinajstić information content (AvgIpc) is 2.85. The lowest BCUT2D eigenvalue weighted by Crippen LogP contribution is -2.28. The molecule has 76 valence electrons. The summed E-state index contributed by atoms with van der Waals surface area (Å²) in [5.74, 6) is 0.937. The number of likely N-dealkylation sites (tertiary alicyclic amines) is 1. The van der Waals surface area contributed by atoms with Gasteiger partial charge >= 0.3 is 0 Å². The number of nitrogens with zero attached hydrogens (tertiary/aromatic N) is 1. The van der Waals surface area contributed by atoms with Crippen molar-refractivity contribution in [3.05, 3.63) is 0 Å². The van der Waals surface area contributed by atoms with Gasteiger partial charge in [0.05, 0.1) is 0 Å². The Morgan fingerprint density at radius 2 is 2.15 bits per heavy atom. The Labute approximate surface area is 81.7 Å². The van der Waals surface area contributed by atoms with Gasteiger partial charge in [0.2, 0.25) is 0 Å². The van der Waals surface area contributed by atoms with Crippen molar-refractivity contribution >= 4 is 0 Å². The minimum atomic E-state index is 0.889. The molecule has 0 radical (unpaired) electrons. The number of hydrogen-bond donors (Lipinski definition) is 1. The molecule has 0 bridgehead atoms. The average molecular weight is 182 g/mol. The van der Waals surface area contributed by atoms with Crippen LogP contribution in [-0.4, -0.2) is 37.1 Å². The molecule has 2 heteroatoms. The van der Waals surface area contributed by atoms with Crippen molar-refractivity contribution in [2.45, 2.75) is 38.6 Å². The van der Waals surface area contributed by atoms with Gasteiger partial charge in [-0.15, -0.1) is 0 Å². The molecule has 1 aliphatic carbocycles. The summed E-state index contributed by atoms with van der Waals surface area (Å²) in [5.41, 5.74) is 0. The second-order valence-electron chi connectivity index (χ2n) is 4.64. The van der Waals surface area contributed by atoms with Gasteiger partial charge in [0, 0.05) is 12.6 Å². The summed E-state index contributed by atoms with van der Waals surface area (Å²) in [6, 6.07) is 0.889. The quantitative estimate of drug-likeness (QED) is 0.692. The molecule has 2 fully saturated rings. The summed E-state index contributed by atoms with van der Waals surface area (Å²) in [5, 5.41) is 3.63. The maximum absolute atomic E-state index is 3.63. The van der Waals surface area contributed by atoms with E-state index in [0.29, 0.717) is 0 Å². The minimum absolute atomic E-state index is 0.889. The van der Waals surface area contributed by atoms with Crippen LogP contribution in [0.25, 0.3) is 0 Å². The van der Waals surface area contributed by atoms with E-state index in [1.165, 1.54) is 51.9 Å². The minimum Gasteiger partial charge on any atom is -0.314 e. The Bertz CT molecular complexity index is 154. The summed E-state index contributed by atoms with van der Waals surface area (Å²) in [4.78, 5) is 2.61. The molecule has 0 aromatic carbocycles. The van der Waals surface area contributed by atoms with Crippen LogP contribution in [0.3, 0.4) is 0 Å². The number of nitrogens with one attached hydrogen (secondary N) is 1. The highest BCUT2D eigenvalue weighted by Crippen LogP contribution is 2.21. The predicted octanol–water partition coefficient (Wildman–Crippen LogP) is 1.47. The van der Waals surface area contributed by atoms with Crippen LogP contribution in [0.4, 0.5) is 0 Å². The van der Waals surface area contributed by atoms with Gasteiger partial charge in [-0.05, 0) is 51.2 Å². The highest BCUT2D eigenvalue weighted by molar-refractivity contribution is 4.84. The third-order valence-corrected chi connectivity index (χ3v) is 3.18. The van der Waals surface area contributed by atoms with Gasteiger partial charge in [-0.3, -0.25) is 0 Å². The SMILES string of the molecule is CCCN1CCC(CNC2CC2)C1. The lowest BCUT2D eigenvalue weighted by Gasteiger charge is -2.14. The molecule has 2 aliphatic rings. The summed E-state index contributed by atoms with van der Waals surface area (Å²) in [6.07, 6.45) is 5.57. The zero-order valence-electron chi connectivity index (χ0n) is 8.76. The van der Waals surface area contributed by atoms with E-state index >= 15 is 0 Å². The van der Waals surface area contributed by atoms with E-state index in [-0.39, 0.29) is 0 Å². The smallest absolute Gasteiger partial charge is 0.00683 e. The molecule has 1 saturated heterocycles. The molecule has 2 nitrogen and oxygen atoms in total. The third kappa shape index (κ3) is 2.96. The molecule has 1 heterocycles. The van der Waals surface area contributed by atoms with Crippen LogP contribution in [0.1, 0.15) is 32.6 Å². The summed E-state index contributed by atoms with van der Waals surface area (Å²) < 4.78 is 0. The normalized spacial score (nSPS) is 29.8. The molecule has 2 rings (SSSR count). The fourth-order valence-corrected chi connectivity index (χ4v) is 2.22. The van der Waals surface area contributed by atoms with Crippen molar-refractivity contribution in [3.8, 4) is 0 Å². The highest BCUT2D eigenvalue weighted by Gasteiger charge is 2.25. The van der Waals surface area contributed by atoms with Crippen molar-refractivity contribution in [1.82, 2.24) is 10.2 Å². The van der Waals surface area contributed by atoms with Crippen LogP contribution in [-0.2, 0) is 0 Å². The van der Waals surface area contributed by atoms with E-state index in [2.05, 4.69) is 17.1 Å². The Balaban J connectivity index is 1.59. The maximum atomic E-state index is 3.63. The highest BCUT2D eigenvalue weighted by atomic mass is 15.1.